The standard InChI is InChI=1S/C10H9N5OS/c1-7-12-4-2-8(13-7)10-14-9(16-15-10)6-17-5-3-11/h2,4H,5-6H2,1H3. The summed E-state index contributed by atoms with van der Waals surface area (Å²) in [7, 11) is 0. The van der Waals surface area contributed by atoms with Gasteiger partial charge in [-0.2, -0.15) is 10.2 Å². The molecule has 2 aromatic heterocycles. The number of aromatic nitrogens is 4. The fourth-order valence-corrected chi connectivity index (χ4v) is 1.67. The van der Waals surface area contributed by atoms with E-state index in [-0.39, 0.29) is 0 Å². The van der Waals surface area contributed by atoms with Crippen molar-refractivity contribution in [2.45, 2.75) is 12.7 Å². The summed E-state index contributed by atoms with van der Waals surface area (Å²) in [6, 6.07) is 3.76. The lowest BCUT2D eigenvalue weighted by Crippen LogP contribution is -1.91. The molecule has 0 fully saturated rings. The normalized spacial score (nSPS) is 10.1. The Morgan fingerprint density at radius 3 is 3.12 bits per heavy atom. The average Bonchev–Trinajstić information content (AvgIpc) is 2.78. The zero-order valence-electron chi connectivity index (χ0n) is 9.12. The number of nitrogens with zero attached hydrogens (tertiary/aromatic N) is 5. The van der Waals surface area contributed by atoms with Crippen LogP contribution < -0.4 is 0 Å². The highest BCUT2D eigenvalue weighted by Crippen LogP contribution is 2.15. The van der Waals surface area contributed by atoms with E-state index in [0.717, 1.165) is 0 Å². The molecule has 0 radical (unpaired) electrons. The Hall–Kier alpha value is -1.94. The molecule has 0 amide bonds. The number of hydrogen-bond acceptors (Lipinski definition) is 7. The molecule has 0 unspecified atom stereocenters. The van der Waals surface area contributed by atoms with Crippen LogP contribution in [-0.2, 0) is 5.75 Å². The molecule has 7 heteroatoms. The van der Waals surface area contributed by atoms with Gasteiger partial charge in [-0.25, -0.2) is 9.97 Å². The van der Waals surface area contributed by atoms with E-state index < -0.39 is 0 Å². The molecule has 0 aliphatic heterocycles. The third-order valence-corrected chi connectivity index (χ3v) is 2.65. The second-order valence-corrected chi connectivity index (χ2v) is 4.14. The first-order valence-corrected chi connectivity index (χ1v) is 6.02. The van der Waals surface area contributed by atoms with Gasteiger partial charge in [0, 0.05) is 6.20 Å². The maximum Gasteiger partial charge on any atom is 0.237 e. The van der Waals surface area contributed by atoms with Crippen LogP contribution in [-0.4, -0.2) is 25.9 Å². The minimum atomic E-state index is 0.407. The summed E-state index contributed by atoms with van der Waals surface area (Å²) < 4.78 is 5.05. The van der Waals surface area contributed by atoms with Crippen LogP contribution in [0.1, 0.15) is 11.7 Å². The lowest BCUT2D eigenvalue weighted by atomic mass is 10.4. The van der Waals surface area contributed by atoms with E-state index in [1.54, 1.807) is 19.2 Å². The SMILES string of the molecule is Cc1nccc(-c2noc(CSCC#N)n2)n1. The van der Waals surface area contributed by atoms with Crippen LogP contribution in [0.25, 0.3) is 11.5 Å². The van der Waals surface area contributed by atoms with E-state index in [0.29, 0.717) is 34.7 Å². The third-order valence-electron chi connectivity index (χ3n) is 1.87. The monoisotopic (exact) mass is 247 g/mol. The topological polar surface area (TPSA) is 88.5 Å². The average molecular weight is 247 g/mol. The second kappa shape index (κ2) is 5.41. The largest absolute Gasteiger partial charge is 0.338 e. The highest BCUT2D eigenvalue weighted by Gasteiger charge is 2.09. The van der Waals surface area contributed by atoms with Crippen LogP contribution in [0.2, 0.25) is 0 Å². The first-order chi connectivity index (χ1) is 8.29. The van der Waals surface area contributed by atoms with Gasteiger partial charge in [-0.3, -0.25) is 0 Å². The summed E-state index contributed by atoms with van der Waals surface area (Å²) in [5, 5.41) is 12.2. The van der Waals surface area contributed by atoms with Crippen molar-refractivity contribution in [2.75, 3.05) is 5.75 Å². The Bertz CT molecular complexity index is 548. The van der Waals surface area contributed by atoms with Crippen molar-refractivity contribution in [1.82, 2.24) is 20.1 Å². The zero-order valence-corrected chi connectivity index (χ0v) is 9.94. The molecule has 2 heterocycles. The van der Waals surface area contributed by atoms with Crippen molar-refractivity contribution in [2.24, 2.45) is 0 Å². The van der Waals surface area contributed by atoms with Crippen molar-refractivity contribution in [3.8, 4) is 17.6 Å². The lowest BCUT2D eigenvalue weighted by Gasteiger charge is -1.93. The summed E-state index contributed by atoms with van der Waals surface area (Å²) in [5.41, 5.74) is 0.637. The summed E-state index contributed by atoms with van der Waals surface area (Å²) in [6.45, 7) is 1.80. The molecular weight excluding hydrogens is 238 g/mol. The van der Waals surface area contributed by atoms with Gasteiger partial charge in [0.05, 0.1) is 17.6 Å². The number of rotatable bonds is 4. The minimum absolute atomic E-state index is 0.407. The molecule has 0 N–H and O–H groups in total. The van der Waals surface area contributed by atoms with Crippen molar-refractivity contribution < 1.29 is 4.52 Å². The molecule has 0 aromatic carbocycles. The van der Waals surface area contributed by atoms with Gasteiger partial charge in [-0.15, -0.1) is 11.8 Å². The fraction of sp³-hybridized carbons (Fsp3) is 0.300. The van der Waals surface area contributed by atoms with E-state index in [1.807, 2.05) is 6.07 Å². The smallest absolute Gasteiger partial charge is 0.237 e. The third kappa shape index (κ3) is 3.01. The molecule has 0 atom stereocenters. The Labute approximate surface area is 102 Å². The van der Waals surface area contributed by atoms with Crippen molar-refractivity contribution in [1.29, 1.82) is 5.26 Å². The van der Waals surface area contributed by atoms with Crippen molar-refractivity contribution in [3.63, 3.8) is 0 Å². The molecule has 6 nitrogen and oxygen atoms in total. The molecule has 0 aliphatic rings. The van der Waals surface area contributed by atoms with E-state index in [4.69, 9.17) is 9.78 Å². The maximum atomic E-state index is 8.40. The molecule has 86 valence electrons. The Balaban J connectivity index is 2.10. The number of aryl methyl sites for hydroxylation is 1. The van der Waals surface area contributed by atoms with Gasteiger partial charge in [-0.1, -0.05) is 5.16 Å². The molecule has 2 aromatic rings. The molecule has 0 saturated heterocycles. The van der Waals surface area contributed by atoms with Gasteiger partial charge in [-0.05, 0) is 13.0 Å². The quantitative estimate of drug-likeness (QED) is 0.758. The molecule has 0 spiro atoms. The molecule has 0 saturated carbocycles. The lowest BCUT2D eigenvalue weighted by molar-refractivity contribution is 0.391. The first kappa shape index (κ1) is 11.5. The van der Waals surface area contributed by atoms with Gasteiger partial charge >= 0.3 is 0 Å². The maximum absolute atomic E-state index is 8.40. The van der Waals surface area contributed by atoms with Crippen LogP contribution in [0.4, 0.5) is 0 Å². The van der Waals surface area contributed by atoms with Crippen LogP contribution in [0.15, 0.2) is 16.8 Å². The summed E-state index contributed by atoms with van der Waals surface area (Å²) in [5.74, 6) is 2.54. The number of nitriles is 1. The van der Waals surface area contributed by atoms with Gasteiger partial charge in [0.15, 0.2) is 0 Å². The Kier molecular flexibility index (Phi) is 3.67. The number of thioether (sulfide) groups is 1. The van der Waals surface area contributed by atoms with Crippen LogP contribution in [0, 0.1) is 18.3 Å². The van der Waals surface area contributed by atoms with Gasteiger partial charge in [0.2, 0.25) is 11.7 Å². The predicted molar refractivity (Wildman–Crippen MR) is 61.8 cm³/mol. The predicted octanol–water partition coefficient (Wildman–Crippen LogP) is 1.59. The summed E-state index contributed by atoms with van der Waals surface area (Å²) in [4.78, 5) is 12.4. The highest BCUT2D eigenvalue weighted by molar-refractivity contribution is 7.98. The van der Waals surface area contributed by atoms with E-state index in [1.165, 1.54) is 11.8 Å². The van der Waals surface area contributed by atoms with E-state index in [2.05, 4.69) is 20.1 Å². The summed E-state index contributed by atoms with van der Waals surface area (Å²) >= 11 is 1.43. The Morgan fingerprint density at radius 1 is 1.47 bits per heavy atom. The van der Waals surface area contributed by atoms with Gasteiger partial charge in [0.25, 0.3) is 0 Å². The molecule has 17 heavy (non-hydrogen) atoms. The van der Waals surface area contributed by atoms with E-state index in [9.17, 15) is 0 Å². The second-order valence-electron chi connectivity index (χ2n) is 3.15. The molecule has 0 aliphatic carbocycles. The summed E-state index contributed by atoms with van der Waals surface area (Å²) in [6.07, 6.45) is 1.65. The van der Waals surface area contributed by atoms with Crippen molar-refractivity contribution >= 4 is 11.8 Å². The first-order valence-electron chi connectivity index (χ1n) is 4.87. The minimum Gasteiger partial charge on any atom is -0.338 e. The fourth-order valence-electron chi connectivity index (χ4n) is 1.18. The molecular formula is C10H9N5OS. The molecule has 2 rings (SSSR count). The molecule has 0 bridgehead atoms. The van der Waals surface area contributed by atoms with Gasteiger partial charge < -0.3 is 4.52 Å². The Morgan fingerprint density at radius 2 is 2.35 bits per heavy atom. The van der Waals surface area contributed by atoms with Crippen LogP contribution >= 0.6 is 11.8 Å². The van der Waals surface area contributed by atoms with Crippen molar-refractivity contribution in [3.05, 3.63) is 24.0 Å². The van der Waals surface area contributed by atoms with Crippen LogP contribution in [0.3, 0.4) is 0 Å². The highest BCUT2D eigenvalue weighted by atomic mass is 32.2. The van der Waals surface area contributed by atoms with Crippen LogP contribution in [0.5, 0.6) is 0 Å². The number of hydrogen-bond donors (Lipinski definition) is 0. The van der Waals surface area contributed by atoms with E-state index >= 15 is 0 Å². The van der Waals surface area contributed by atoms with Gasteiger partial charge in [0.1, 0.15) is 11.5 Å². The zero-order chi connectivity index (χ0) is 12.1.